The van der Waals surface area contributed by atoms with Crippen molar-refractivity contribution < 1.29 is 4.79 Å². The predicted molar refractivity (Wildman–Crippen MR) is 57.0 cm³/mol. The maximum Gasteiger partial charge on any atom is 0.194 e. The fourth-order valence-corrected chi connectivity index (χ4v) is 2.18. The Labute approximate surface area is 86.4 Å². The molecule has 2 aromatic rings. The smallest absolute Gasteiger partial charge is 0.194 e. The van der Waals surface area contributed by atoms with Gasteiger partial charge in [-0.2, -0.15) is 0 Å². The van der Waals surface area contributed by atoms with E-state index in [0.29, 0.717) is 5.69 Å². The second kappa shape index (κ2) is 3.20. The van der Waals surface area contributed by atoms with Crippen molar-refractivity contribution in [1.29, 1.82) is 0 Å². The highest BCUT2D eigenvalue weighted by molar-refractivity contribution is 7.17. The van der Waals surface area contributed by atoms with Crippen molar-refractivity contribution in [2.24, 2.45) is 5.92 Å². The van der Waals surface area contributed by atoms with Crippen LogP contribution < -0.4 is 0 Å². The Kier molecular flexibility index (Phi) is 2.15. The Morgan fingerprint density at radius 3 is 2.93 bits per heavy atom. The van der Waals surface area contributed by atoms with Gasteiger partial charge in [0, 0.05) is 17.0 Å². The number of Topliss-reactive ketones (excluding diaryl/α,β-unsaturated/α-hetero) is 1. The van der Waals surface area contributed by atoms with Gasteiger partial charge < -0.3 is 0 Å². The van der Waals surface area contributed by atoms with Gasteiger partial charge in [0.15, 0.2) is 10.7 Å². The quantitative estimate of drug-likeness (QED) is 0.711. The van der Waals surface area contributed by atoms with Crippen molar-refractivity contribution in [3.63, 3.8) is 0 Å². The molecule has 0 radical (unpaired) electrons. The van der Waals surface area contributed by atoms with E-state index in [1.165, 1.54) is 4.88 Å². The largest absolute Gasteiger partial charge is 0.292 e. The molecule has 0 aliphatic heterocycles. The summed E-state index contributed by atoms with van der Waals surface area (Å²) in [6.07, 6.45) is 3.62. The summed E-state index contributed by atoms with van der Waals surface area (Å²) in [6.45, 7) is 5.82. The van der Waals surface area contributed by atoms with Crippen LogP contribution in [-0.2, 0) is 0 Å². The molecular formula is C10H12N2OS. The summed E-state index contributed by atoms with van der Waals surface area (Å²) in [7, 11) is 0. The van der Waals surface area contributed by atoms with Crippen LogP contribution in [0.15, 0.2) is 12.4 Å². The topological polar surface area (TPSA) is 34.4 Å². The molecule has 0 N–H and O–H groups in total. The van der Waals surface area contributed by atoms with Crippen LogP contribution in [0.3, 0.4) is 0 Å². The first-order valence-corrected chi connectivity index (χ1v) is 5.39. The van der Waals surface area contributed by atoms with E-state index in [4.69, 9.17) is 0 Å². The third-order valence-electron chi connectivity index (χ3n) is 2.10. The second-order valence-electron chi connectivity index (χ2n) is 3.66. The Balaban J connectivity index is 2.57. The highest BCUT2D eigenvalue weighted by atomic mass is 32.1. The first-order chi connectivity index (χ1) is 6.59. The molecular weight excluding hydrogens is 196 g/mol. The van der Waals surface area contributed by atoms with Gasteiger partial charge in [-0.15, -0.1) is 11.3 Å². The molecule has 0 atom stereocenters. The summed E-state index contributed by atoms with van der Waals surface area (Å²) in [4.78, 5) is 18.0. The SMILES string of the molecule is Cc1cn2c(C(=O)C(C)C)cnc2s1. The first-order valence-electron chi connectivity index (χ1n) is 4.57. The fraction of sp³-hybridized carbons (Fsp3) is 0.400. The molecule has 0 saturated heterocycles. The van der Waals surface area contributed by atoms with Crippen molar-refractivity contribution in [2.75, 3.05) is 0 Å². The molecule has 0 aliphatic carbocycles. The van der Waals surface area contributed by atoms with Gasteiger partial charge in [0.1, 0.15) is 5.69 Å². The molecule has 3 nitrogen and oxygen atoms in total. The summed E-state index contributed by atoms with van der Waals surface area (Å²) in [6, 6.07) is 0. The van der Waals surface area contributed by atoms with Gasteiger partial charge in [0.05, 0.1) is 6.20 Å². The van der Waals surface area contributed by atoms with Crippen molar-refractivity contribution >= 4 is 22.1 Å². The number of carbonyl (C=O) groups is 1. The van der Waals surface area contributed by atoms with Crippen LogP contribution in [0.1, 0.15) is 29.2 Å². The average Bonchev–Trinajstić information content (AvgIpc) is 2.61. The minimum absolute atomic E-state index is 0.0232. The van der Waals surface area contributed by atoms with Crippen LogP contribution in [0, 0.1) is 12.8 Å². The number of hydrogen-bond donors (Lipinski definition) is 0. The lowest BCUT2D eigenvalue weighted by Crippen LogP contribution is -2.09. The number of hydrogen-bond acceptors (Lipinski definition) is 3. The van der Waals surface area contributed by atoms with Gasteiger partial charge in [-0.25, -0.2) is 4.98 Å². The lowest BCUT2D eigenvalue weighted by Gasteiger charge is -2.00. The van der Waals surface area contributed by atoms with Crippen molar-refractivity contribution in [1.82, 2.24) is 9.38 Å². The van der Waals surface area contributed by atoms with Crippen LogP contribution in [0.25, 0.3) is 4.96 Å². The number of carbonyl (C=O) groups excluding carboxylic acids is 1. The Bertz CT molecular complexity index is 481. The van der Waals surface area contributed by atoms with Gasteiger partial charge in [0.2, 0.25) is 0 Å². The zero-order valence-corrected chi connectivity index (χ0v) is 9.26. The van der Waals surface area contributed by atoms with Crippen LogP contribution in [0.5, 0.6) is 0 Å². The minimum Gasteiger partial charge on any atom is -0.292 e. The van der Waals surface area contributed by atoms with E-state index < -0.39 is 0 Å². The fourth-order valence-electron chi connectivity index (χ4n) is 1.37. The van der Waals surface area contributed by atoms with Crippen LogP contribution in [-0.4, -0.2) is 15.2 Å². The van der Waals surface area contributed by atoms with Gasteiger partial charge in [-0.1, -0.05) is 13.8 Å². The maximum atomic E-state index is 11.8. The Hall–Kier alpha value is -1.16. The summed E-state index contributed by atoms with van der Waals surface area (Å²) < 4.78 is 1.88. The third-order valence-corrected chi connectivity index (χ3v) is 3.01. The van der Waals surface area contributed by atoms with E-state index in [0.717, 1.165) is 4.96 Å². The molecule has 4 heteroatoms. The molecule has 0 bridgehead atoms. The molecule has 2 aromatic heterocycles. The van der Waals surface area contributed by atoms with E-state index in [2.05, 4.69) is 4.98 Å². The summed E-state index contributed by atoms with van der Waals surface area (Å²) in [5.41, 5.74) is 0.694. The van der Waals surface area contributed by atoms with Crippen LogP contribution in [0.4, 0.5) is 0 Å². The monoisotopic (exact) mass is 208 g/mol. The molecule has 74 valence electrons. The molecule has 14 heavy (non-hydrogen) atoms. The average molecular weight is 208 g/mol. The summed E-state index contributed by atoms with van der Waals surface area (Å²) >= 11 is 1.60. The number of imidazole rings is 1. The summed E-state index contributed by atoms with van der Waals surface area (Å²) in [5, 5.41) is 0. The zero-order chi connectivity index (χ0) is 10.3. The van der Waals surface area contributed by atoms with Gasteiger partial charge in [-0.3, -0.25) is 9.20 Å². The van der Waals surface area contributed by atoms with E-state index in [-0.39, 0.29) is 11.7 Å². The molecule has 2 rings (SSSR count). The third kappa shape index (κ3) is 1.35. The number of aryl methyl sites for hydroxylation is 1. The van der Waals surface area contributed by atoms with E-state index in [9.17, 15) is 4.79 Å². The number of aromatic nitrogens is 2. The molecule has 0 aromatic carbocycles. The molecule has 0 unspecified atom stereocenters. The second-order valence-corrected chi connectivity index (χ2v) is 4.87. The summed E-state index contributed by atoms with van der Waals surface area (Å²) in [5.74, 6) is 0.172. The standard InChI is InChI=1S/C10H12N2OS/c1-6(2)9(13)8-4-11-10-12(8)5-7(3)14-10/h4-6H,1-3H3. The van der Waals surface area contributed by atoms with E-state index in [1.807, 2.05) is 31.4 Å². The van der Waals surface area contributed by atoms with Crippen molar-refractivity contribution in [3.8, 4) is 0 Å². The minimum atomic E-state index is 0.0232. The molecule has 0 saturated carbocycles. The number of thiazole rings is 1. The highest BCUT2D eigenvalue weighted by Gasteiger charge is 2.16. The van der Waals surface area contributed by atoms with Gasteiger partial charge in [-0.05, 0) is 6.92 Å². The van der Waals surface area contributed by atoms with Gasteiger partial charge in [0.25, 0.3) is 0 Å². The maximum absolute atomic E-state index is 11.8. The van der Waals surface area contributed by atoms with Crippen molar-refractivity contribution in [3.05, 3.63) is 23.0 Å². The highest BCUT2D eigenvalue weighted by Crippen LogP contribution is 2.19. The normalized spacial score (nSPS) is 11.4. The number of nitrogens with zero attached hydrogens (tertiary/aromatic N) is 2. The number of ketones is 1. The molecule has 2 heterocycles. The number of fused-ring (bicyclic) bond motifs is 1. The Morgan fingerprint density at radius 2 is 2.29 bits per heavy atom. The molecule has 0 fully saturated rings. The van der Waals surface area contributed by atoms with Crippen molar-refractivity contribution in [2.45, 2.75) is 20.8 Å². The zero-order valence-electron chi connectivity index (χ0n) is 8.44. The van der Waals surface area contributed by atoms with Crippen LogP contribution in [0.2, 0.25) is 0 Å². The molecule has 0 aliphatic rings. The van der Waals surface area contributed by atoms with E-state index in [1.54, 1.807) is 17.5 Å². The van der Waals surface area contributed by atoms with Crippen LogP contribution >= 0.6 is 11.3 Å². The molecule has 0 amide bonds. The van der Waals surface area contributed by atoms with Gasteiger partial charge >= 0.3 is 0 Å². The lowest BCUT2D eigenvalue weighted by molar-refractivity contribution is 0.0933. The lowest BCUT2D eigenvalue weighted by atomic mass is 10.1. The van der Waals surface area contributed by atoms with E-state index >= 15 is 0 Å². The predicted octanol–water partition coefficient (Wildman–Crippen LogP) is 2.54. The molecule has 0 spiro atoms. The Morgan fingerprint density at radius 1 is 1.57 bits per heavy atom. The first kappa shape index (κ1) is 9.40. The number of rotatable bonds is 2.